The fraction of sp³-hybridized carbons (Fsp3) is 0.344. The zero-order chi connectivity index (χ0) is 27.2. The molecule has 0 atom stereocenters. The molecule has 2 N–H and O–H groups in total. The van der Waals surface area contributed by atoms with Crippen LogP contribution in [0.5, 0.6) is 0 Å². The Hall–Kier alpha value is -3.51. The van der Waals surface area contributed by atoms with Gasteiger partial charge in [0, 0.05) is 18.0 Å². The molecular formula is C32H38N4OS. The highest BCUT2D eigenvalue weighted by Gasteiger charge is 2.23. The quantitative estimate of drug-likeness (QED) is 0.218. The largest absolute Gasteiger partial charge is 0.359 e. The highest BCUT2D eigenvalue weighted by molar-refractivity contribution is 7.19. The highest BCUT2D eigenvalue weighted by Crippen LogP contribution is 2.33. The normalized spacial score (nSPS) is 11.5. The first-order valence-electron chi connectivity index (χ1n) is 13.4. The van der Waals surface area contributed by atoms with Crippen LogP contribution in [0.1, 0.15) is 103 Å². The lowest BCUT2D eigenvalue weighted by molar-refractivity contribution is 0.102. The van der Waals surface area contributed by atoms with Crippen molar-refractivity contribution in [1.29, 1.82) is 0 Å². The Morgan fingerprint density at radius 3 is 1.68 bits per heavy atom. The van der Waals surface area contributed by atoms with Gasteiger partial charge in [-0.2, -0.15) is 0 Å². The maximum atomic E-state index is 13.6. The number of nitrogens with zero attached hydrogens (tertiary/aromatic N) is 2. The van der Waals surface area contributed by atoms with Crippen LogP contribution in [0.2, 0.25) is 0 Å². The third-order valence-corrected chi connectivity index (χ3v) is 7.66. The third kappa shape index (κ3) is 6.48. The molecule has 0 saturated carbocycles. The molecule has 0 radical (unpaired) electrons. The van der Waals surface area contributed by atoms with Gasteiger partial charge in [-0.05, 0) is 45.6 Å². The van der Waals surface area contributed by atoms with Gasteiger partial charge in [-0.1, -0.05) is 126 Å². The second kappa shape index (κ2) is 12.4. The topological polar surface area (TPSA) is 66.9 Å². The van der Waals surface area contributed by atoms with Gasteiger partial charge in [-0.15, -0.1) is 10.2 Å². The number of nitrogens with one attached hydrogen (secondary N) is 2. The zero-order valence-electron chi connectivity index (χ0n) is 23.2. The summed E-state index contributed by atoms with van der Waals surface area (Å²) in [5, 5.41) is 16.2. The van der Waals surface area contributed by atoms with E-state index in [4.69, 9.17) is 0 Å². The number of hydrogen-bond donors (Lipinski definition) is 2. The molecule has 4 aromatic rings. The van der Waals surface area contributed by atoms with Crippen molar-refractivity contribution >= 4 is 27.5 Å². The Labute approximate surface area is 230 Å². The molecule has 0 aliphatic rings. The van der Waals surface area contributed by atoms with Crippen LogP contribution < -0.4 is 10.6 Å². The number of benzene rings is 3. The van der Waals surface area contributed by atoms with Crippen molar-refractivity contribution in [3.63, 3.8) is 0 Å². The zero-order valence-corrected chi connectivity index (χ0v) is 24.0. The highest BCUT2D eigenvalue weighted by atomic mass is 32.1. The van der Waals surface area contributed by atoms with Crippen molar-refractivity contribution in [3.8, 4) is 0 Å². The minimum atomic E-state index is -0.123. The van der Waals surface area contributed by atoms with Gasteiger partial charge < -0.3 is 5.32 Å². The van der Waals surface area contributed by atoms with E-state index in [-0.39, 0.29) is 23.7 Å². The molecule has 1 aromatic heterocycles. The molecule has 5 nitrogen and oxygen atoms in total. The molecule has 198 valence electrons. The predicted molar refractivity (Wildman–Crippen MR) is 160 cm³/mol. The lowest BCUT2D eigenvalue weighted by Gasteiger charge is -2.22. The second-order valence-electron chi connectivity index (χ2n) is 10.7. The number of rotatable bonds is 10. The Morgan fingerprint density at radius 1 is 0.711 bits per heavy atom. The summed E-state index contributed by atoms with van der Waals surface area (Å²) in [7, 11) is 0. The van der Waals surface area contributed by atoms with E-state index in [2.05, 4.69) is 123 Å². The monoisotopic (exact) mass is 526 g/mol. The molecule has 6 heteroatoms. The van der Waals surface area contributed by atoms with E-state index in [1.54, 1.807) is 0 Å². The number of carbonyl (C=O) groups is 1. The fourth-order valence-electron chi connectivity index (χ4n) is 4.71. The van der Waals surface area contributed by atoms with Gasteiger partial charge in [0.05, 0.1) is 0 Å². The SMILES string of the molecule is CC(C)c1cc(C(C)C)c(C(=O)Nc2nnc(NCC(c3ccccc3)c3ccccc3)s2)c(C(C)C)c1. The Kier molecular flexibility index (Phi) is 8.95. The summed E-state index contributed by atoms with van der Waals surface area (Å²) >= 11 is 1.36. The van der Waals surface area contributed by atoms with Gasteiger partial charge in [0.25, 0.3) is 5.91 Å². The lowest BCUT2D eigenvalue weighted by atomic mass is 9.84. The molecule has 3 aromatic carbocycles. The predicted octanol–water partition coefficient (Wildman–Crippen LogP) is 8.40. The van der Waals surface area contributed by atoms with Crippen LogP contribution in [0.25, 0.3) is 0 Å². The van der Waals surface area contributed by atoms with Crippen molar-refractivity contribution in [2.45, 2.75) is 65.2 Å². The first-order chi connectivity index (χ1) is 18.2. The van der Waals surface area contributed by atoms with E-state index in [0.717, 1.165) is 16.7 Å². The molecule has 38 heavy (non-hydrogen) atoms. The molecule has 0 unspecified atom stereocenters. The van der Waals surface area contributed by atoms with Crippen LogP contribution in [-0.2, 0) is 0 Å². The van der Waals surface area contributed by atoms with E-state index >= 15 is 0 Å². The number of aromatic nitrogens is 2. The molecule has 4 rings (SSSR count). The van der Waals surface area contributed by atoms with Gasteiger partial charge in [-0.3, -0.25) is 10.1 Å². The molecule has 0 saturated heterocycles. The van der Waals surface area contributed by atoms with Gasteiger partial charge in [0.2, 0.25) is 10.3 Å². The minimum absolute atomic E-state index is 0.123. The van der Waals surface area contributed by atoms with Crippen LogP contribution in [-0.4, -0.2) is 22.6 Å². The smallest absolute Gasteiger partial charge is 0.258 e. The van der Waals surface area contributed by atoms with Crippen LogP contribution in [0, 0.1) is 0 Å². The summed E-state index contributed by atoms with van der Waals surface area (Å²) in [6.45, 7) is 13.6. The van der Waals surface area contributed by atoms with E-state index in [9.17, 15) is 4.79 Å². The van der Waals surface area contributed by atoms with Gasteiger partial charge in [0.15, 0.2) is 0 Å². The van der Waals surface area contributed by atoms with Crippen LogP contribution in [0.3, 0.4) is 0 Å². The maximum absolute atomic E-state index is 13.6. The summed E-state index contributed by atoms with van der Waals surface area (Å²) in [6, 6.07) is 25.3. The average molecular weight is 527 g/mol. The third-order valence-electron chi connectivity index (χ3n) is 6.87. The molecule has 0 spiro atoms. The molecule has 0 aliphatic heterocycles. The number of carbonyl (C=O) groups excluding carboxylic acids is 1. The molecule has 1 heterocycles. The van der Waals surface area contributed by atoms with Gasteiger partial charge in [0.1, 0.15) is 0 Å². The summed E-state index contributed by atoms with van der Waals surface area (Å²) < 4.78 is 0. The van der Waals surface area contributed by atoms with Crippen LogP contribution >= 0.6 is 11.3 Å². The maximum Gasteiger partial charge on any atom is 0.258 e. The van der Waals surface area contributed by atoms with E-state index in [0.29, 0.717) is 22.7 Å². The number of amides is 1. The summed E-state index contributed by atoms with van der Waals surface area (Å²) in [4.78, 5) is 13.6. The standard InChI is InChI=1S/C32H38N4OS/c1-20(2)25-17-26(21(3)4)29(27(18-25)22(5)6)30(37)34-32-36-35-31(38-32)33-19-28(23-13-9-7-10-14-23)24-15-11-8-12-16-24/h7-18,20-22,28H,19H2,1-6H3,(H,33,35)(H,34,36,37). The van der Waals surface area contributed by atoms with Crippen molar-refractivity contribution in [1.82, 2.24) is 10.2 Å². The first kappa shape index (κ1) is 27.5. The molecule has 0 bridgehead atoms. The van der Waals surface area contributed by atoms with Crippen LogP contribution in [0.15, 0.2) is 72.8 Å². The summed E-state index contributed by atoms with van der Waals surface area (Å²) in [5.74, 6) is 0.898. The Balaban J connectivity index is 1.53. The summed E-state index contributed by atoms with van der Waals surface area (Å²) in [6.07, 6.45) is 0. The van der Waals surface area contributed by atoms with Crippen molar-refractivity contribution in [2.75, 3.05) is 17.2 Å². The molecule has 1 amide bonds. The lowest BCUT2D eigenvalue weighted by Crippen LogP contribution is -2.19. The fourth-order valence-corrected chi connectivity index (χ4v) is 5.36. The number of hydrogen-bond acceptors (Lipinski definition) is 5. The van der Waals surface area contributed by atoms with Gasteiger partial charge in [-0.25, -0.2) is 0 Å². The van der Waals surface area contributed by atoms with Crippen molar-refractivity contribution in [2.24, 2.45) is 0 Å². The molecule has 0 aliphatic carbocycles. The number of anilines is 2. The minimum Gasteiger partial charge on any atom is -0.359 e. The molecule has 0 fully saturated rings. The second-order valence-corrected chi connectivity index (χ2v) is 11.6. The van der Waals surface area contributed by atoms with E-state index in [1.807, 2.05) is 12.1 Å². The average Bonchev–Trinajstić information content (AvgIpc) is 3.36. The van der Waals surface area contributed by atoms with Gasteiger partial charge >= 0.3 is 0 Å². The summed E-state index contributed by atoms with van der Waals surface area (Å²) in [5.41, 5.74) is 6.65. The van der Waals surface area contributed by atoms with E-state index in [1.165, 1.54) is 28.0 Å². The Morgan fingerprint density at radius 2 is 1.21 bits per heavy atom. The van der Waals surface area contributed by atoms with Crippen molar-refractivity contribution < 1.29 is 4.79 Å². The van der Waals surface area contributed by atoms with Crippen molar-refractivity contribution in [3.05, 3.63) is 106 Å². The van der Waals surface area contributed by atoms with Crippen LogP contribution in [0.4, 0.5) is 10.3 Å². The van der Waals surface area contributed by atoms with E-state index < -0.39 is 0 Å². The Bertz CT molecular complexity index is 1280. The first-order valence-corrected chi connectivity index (χ1v) is 14.2. The molecular weight excluding hydrogens is 488 g/mol.